The second-order valence-corrected chi connectivity index (χ2v) is 2.69. The van der Waals surface area contributed by atoms with Crippen LogP contribution in [0.3, 0.4) is 0 Å². The number of nitrogens with one attached hydrogen (secondary N) is 1. The molecule has 0 unspecified atom stereocenters. The van der Waals surface area contributed by atoms with Crippen molar-refractivity contribution in [3.63, 3.8) is 0 Å². The molecule has 0 saturated heterocycles. The van der Waals surface area contributed by atoms with Crippen LogP contribution in [0.4, 0.5) is 0 Å². The van der Waals surface area contributed by atoms with Gasteiger partial charge < -0.3 is 5.32 Å². The molecule has 1 amide bonds. The highest BCUT2D eigenvalue weighted by Crippen LogP contribution is 1.92. The molecule has 72 valence electrons. The highest BCUT2D eigenvalue weighted by atomic mass is 16.1. The number of amides is 1. The first-order valence-electron chi connectivity index (χ1n) is 4.31. The maximum absolute atomic E-state index is 11.4. The Bertz CT molecular complexity index is 329. The first kappa shape index (κ1) is 10.2. The summed E-state index contributed by atoms with van der Waals surface area (Å²) in [5.41, 5.74) is 0.466. The van der Waals surface area contributed by atoms with Crippen LogP contribution in [0.25, 0.3) is 0 Å². The van der Waals surface area contributed by atoms with E-state index >= 15 is 0 Å². The predicted molar refractivity (Wildman–Crippen MR) is 52.4 cm³/mol. The number of unbranched alkanes of at least 4 members (excludes halogenated alkanes) is 1. The van der Waals surface area contributed by atoms with Crippen molar-refractivity contribution >= 4 is 5.91 Å². The van der Waals surface area contributed by atoms with Crippen LogP contribution in [0.15, 0.2) is 18.7 Å². The summed E-state index contributed by atoms with van der Waals surface area (Å²) in [6.07, 6.45) is 10.9. The van der Waals surface area contributed by atoms with Gasteiger partial charge in [0.05, 0.1) is 5.56 Å². The monoisotopic (exact) mass is 189 g/mol. The van der Waals surface area contributed by atoms with Gasteiger partial charge in [-0.1, -0.05) is 0 Å². The van der Waals surface area contributed by atoms with Crippen LogP contribution in [0.5, 0.6) is 0 Å². The van der Waals surface area contributed by atoms with E-state index in [-0.39, 0.29) is 5.91 Å². The standard InChI is InChI=1S/C10H11N3O/c1-2-3-4-5-13-10(14)9-6-11-8-12-7-9/h1,6-8H,3-5H2,(H,13,14). The van der Waals surface area contributed by atoms with Crippen LogP contribution < -0.4 is 5.32 Å². The smallest absolute Gasteiger partial charge is 0.254 e. The summed E-state index contributed by atoms with van der Waals surface area (Å²) < 4.78 is 0. The molecule has 1 rings (SSSR count). The van der Waals surface area contributed by atoms with Crippen molar-refractivity contribution in [3.8, 4) is 12.3 Å². The molecule has 4 nitrogen and oxygen atoms in total. The van der Waals surface area contributed by atoms with Crippen molar-refractivity contribution in [2.45, 2.75) is 12.8 Å². The zero-order valence-electron chi connectivity index (χ0n) is 7.73. The lowest BCUT2D eigenvalue weighted by Gasteiger charge is -2.02. The molecule has 4 heteroatoms. The quantitative estimate of drug-likeness (QED) is 0.558. The Kier molecular flexibility index (Phi) is 4.15. The Morgan fingerprint density at radius 1 is 1.50 bits per heavy atom. The van der Waals surface area contributed by atoms with Gasteiger partial charge in [0.1, 0.15) is 6.33 Å². The number of hydrogen-bond donors (Lipinski definition) is 1. The summed E-state index contributed by atoms with van der Waals surface area (Å²) in [7, 11) is 0. The summed E-state index contributed by atoms with van der Waals surface area (Å²) in [4.78, 5) is 18.9. The molecule has 0 aromatic carbocycles. The average Bonchev–Trinajstić information content (AvgIpc) is 2.25. The molecule has 0 fully saturated rings. The molecule has 0 saturated carbocycles. The number of nitrogens with zero attached hydrogens (tertiary/aromatic N) is 2. The van der Waals surface area contributed by atoms with E-state index < -0.39 is 0 Å². The van der Waals surface area contributed by atoms with Crippen molar-refractivity contribution in [3.05, 3.63) is 24.3 Å². The normalized spacial score (nSPS) is 9.07. The van der Waals surface area contributed by atoms with Crippen LogP contribution >= 0.6 is 0 Å². The van der Waals surface area contributed by atoms with Gasteiger partial charge in [-0.2, -0.15) is 0 Å². The summed E-state index contributed by atoms with van der Waals surface area (Å²) in [6, 6.07) is 0. The summed E-state index contributed by atoms with van der Waals surface area (Å²) in [5, 5.41) is 2.72. The van der Waals surface area contributed by atoms with E-state index in [9.17, 15) is 4.79 Å². The molecule has 0 radical (unpaired) electrons. The van der Waals surface area contributed by atoms with Gasteiger partial charge in [0.25, 0.3) is 5.91 Å². The van der Waals surface area contributed by atoms with Gasteiger partial charge in [0, 0.05) is 25.4 Å². The van der Waals surface area contributed by atoms with Gasteiger partial charge in [0.2, 0.25) is 0 Å². The predicted octanol–water partition coefficient (Wildman–Crippen LogP) is 0.620. The third-order valence-electron chi connectivity index (χ3n) is 1.61. The van der Waals surface area contributed by atoms with E-state index in [0.717, 1.165) is 6.42 Å². The minimum atomic E-state index is -0.164. The van der Waals surface area contributed by atoms with Crippen LogP contribution in [-0.4, -0.2) is 22.4 Å². The Labute approximate surface area is 82.8 Å². The molecule has 1 heterocycles. The van der Waals surface area contributed by atoms with Crippen molar-refractivity contribution in [2.24, 2.45) is 0 Å². The van der Waals surface area contributed by atoms with Gasteiger partial charge in [-0.25, -0.2) is 9.97 Å². The Hall–Kier alpha value is -1.89. The van der Waals surface area contributed by atoms with Crippen molar-refractivity contribution in [1.29, 1.82) is 0 Å². The first-order valence-corrected chi connectivity index (χ1v) is 4.31. The molecule has 1 N–H and O–H groups in total. The van der Waals surface area contributed by atoms with E-state index in [2.05, 4.69) is 21.2 Å². The number of hydrogen-bond acceptors (Lipinski definition) is 3. The minimum absolute atomic E-state index is 0.164. The van der Waals surface area contributed by atoms with Gasteiger partial charge >= 0.3 is 0 Å². The molecule has 0 aliphatic heterocycles. The summed E-state index contributed by atoms with van der Waals surface area (Å²) in [6.45, 7) is 0.581. The van der Waals surface area contributed by atoms with Crippen LogP contribution in [-0.2, 0) is 0 Å². The van der Waals surface area contributed by atoms with Gasteiger partial charge in [-0.05, 0) is 6.42 Å². The van der Waals surface area contributed by atoms with Crippen molar-refractivity contribution in [2.75, 3.05) is 6.54 Å². The zero-order valence-corrected chi connectivity index (χ0v) is 7.73. The maximum Gasteiger partial charge on any atom is 0.254 e. The third-order valence-corrected chi connectivity index (χ3v) is 1.61. The van der Waals surface area contributed by atoms with Crippen LogP contribution in [0.1, 0.15) is 23.2 Å². The molecular weight excluding hydrogens is 178 g/mol. The summed E-state index contributed by atoms with van der Waals surface area (Å²) >= 11 is 0. The molecule has 0 aliphatic rings. The van der Waals surface area contributed by atoms with Crippen LogP contribution in [0, 0.1) is 12.3 Å². The molecule has 0 bridgehead atoms. The van der Waals surface area contributed by atoms with E-state index in [1.54, 1.807) is 0 Å². The van der Waals surface area contributed by atoms with Gasteiger partial charge in [-0.3, -0.25) is 4.79 Å². The fourth-order valence-corrected chi connectivity index (χ4v) is 0.911. The first-order chi connectivity index (χ1) is 6.84. The van der Waals surface area contributed by atoms with E-state index in [1.165, 1.54) is 18.7 Å². The van der Waals surface area contributed by atoms with Crippen LogP contribution in [0.2, 0.25) is 0 Å². The Balaban J connectivity index is 2.33. The topological polar surface area (TPSA) is 54.9 Å². The summed E-state index contributed by atoms with van der Waals surface area (Å²) in [5.74, 6) is 2.34. The number of carbonyl (C=O) groups is 1. The van der Waals surface area contributed by atoms with Crippen molar-refractivity contribution in [1.82, 2.24) is 15.3 Å². The SMILES string of the molecule is C#CCCCNC(=O)c1cncnc1. The molecular formula is C10H11N3O. The van der Waals surface area contributed by atoms with Gasteiger partial charge in [-0.15, -0.1) is 12.3 Å². The zero-order chi connectivity index (χ0) is 10.2. The number of aromatic nitrogens is 2. The Morgan fingerprint density at radius 2 is 2.21 bits per heavy atom. The lowest BCUT2D eigenvalue weighted by atomic mass is 10.3. The molecule has 0 atom stereocenters. The second kappa shape index (κ2) is 5.70. The molecule has 14 heavy (non-hydrogen) atoms. The average molecular weight is 189 g/mol. The molecule has 0 aliphatic carbocycles. The Morgan fingerprint density at radius 3 is 2.86 bits per heavy atom. The fourth-order valence-electron chi connectivity index (χ4n) is 0.911. The largest absolute Gasteiger partial charge is 0.352 e. The van der Waals surface area contributed by atoms with E-state index in [0.29, 0.717) is 18.5 Å². The molecule has 0 spiro atoms. The molecule has 1 aromatic rings. The lowest BCUT2D eigenvalue weighted by Crippen LogP contribution is -2.24. The highest BCUT2D eigenvalue weighted by Gasteiger charge is 2.03. The maximum atomic E-state index is 11.4. The second-order valence-electron chi connectivity index (χ2n) is 2.69. The van der Waals surface area contributed by atoms with E-state index in [4.69, 9.17) is 6.42 Å². The van der Waals surface area contributed by atoms with Crippen molar-refractivity contribution < 1.29 is 4.79 Å². The third kappa shape index (κ3) is 3.23. The van der Waals surface area contributed by atoms with Gasteiger partial charge in [0.15, 0.2) is 0 Å². The fraction of sp³-hybridized carbons (Fsp3) is 0.300. The highest BCUT2D eigenvalue weighted by molar-refractivity contribution is 5.93. The number of terminal acetylenes is 1. The minimum Gasteiger partial charge on any atom is -0.352 e. The van der Waals surface area contributed by atoms with E-state index in [1.807, 2.05) is 0 Å². The number of carbonyl (C=O) groups excluding carboxylic acids is 1. The lowest BCUT2D eigenvalue weighted by molar-refractivity contribution is 0.0952. The molecule has 1 aromatic heterocycles. The number of rotatable bonds is 4.